The summed E-state index contributed by atoms with van der Waals surface area (Å²) in [5.41, 5.74) is 1.40. The van der Waals surface area contributed by atoms with Crippen molar-refractivity contribution in [2.75, 3.05) is 7.11 Å². The van der Waals surface area contributed by atoms with Crippen LogP contribution in [0.4, 0.5) is 0 Å². The quantitative estimate of drug-likeness (QED) is 0.810. The van der Waals surface area contributed by atoms with Gasteiger partial charge in [-0.05, 0) is 25.8 Å². The van der Waals surface area contributed by atoms with E-state index in [1.807, 2.05) is 23.8 Å². The zero-order valence-corrected chi connectivity index (χ0v) is 12.5. The molecular weight excluding hydrogens is 268 g/mol. The number of ether oxygens (including phenoxy) is 1. The first-order valence-corrected chi connectivity index (χ1v) is 7.33. The minimum Gasteiger partial charge on any atom is -0.464 e. The van der Waals surface area contributed by atoms with Crippen LogP contribution in [0.2, 0.25) is 0 Å². The fraction of sp³-hybridized carbons (Fsp3) is 0.533. The van der Waals surface area contributed by atoms with Gasteiger partial charge in [0.1, 0.15) is 11.5 Å². The Hall–Kier alpha value is -2.11. The molecule has 0 aliphatic heterocycles. The van der Waals surface area contributed by atoms with E-state index < -0.39 is 0 Å². The number of methoxy groups -OCH3 is 1. The van der Waals surface area contributed by atoms with Crippen LogP contribution in [0.3, 0.4) is 0 Å². The van der Waals surface area contributed by atoms with Crippen LogP contribution in [0.1, 0.15) is 53.7 Å². The Morgan fingerprint density at radius 1 is 1.43 bits per heavy atom. The van der Waals surface area contributed by atoms with Crippen LogP contribution in [-0.2, 0) is 11.3 Å². The van der Waals surface area contributed by atoms with E-state index >= 15 is 0 Å². The van der Waals surface area contributed by atoms with Gasteiger partial charge in [0.05, 0.1) is 31.6 Å². The molecule has 0 bridgehead atoms. The highest BCUT2D eigenvalue weighted by molar-refractivity contribution is 5.87. The van der Waals surface area contributed by atoms with Crippen molar-refractivity contribution in [3.63, 3.8) is 0 Å². The molecule has 112 valence electrons. The van der Waals surface area contributed by atoms with Crippen LogP contribution in [0.15, 0.2) is 18.5 Å². The van der Waals surface area contributed by atoms with Gasteiger partial charge in [0.15, 0.2) is 0 Å². The van der Waals surface area contributed by atoms with Crippen molar-refractivity contribution in [2.24, 2.45) is 0 Å². The summed E-state index contributed by atoms with van der Waals surface area (Å²) in [4.78, 5) is 15.9. The summed E-state index contributed by atoms with van der Waals surface area (Å²) in [6.07, 6.45) is 8.57. The van der Waals surface area contributed by atoms with Crippen LogP contribution in [-0.4, -0.2) is 32.4 Å². The Labute approximate surface area is 123 Å². The summed E-state index contributed by atoms with van der Waals surface area (Å²) in [7, 11) is 1.38. The third kappa shape index (κ3) is 2.70. The molecule has 1 saturated carbocycles. The number of aryl methyl sites for hydroxylation is 1. The first-order chi connectivity index (χ1) is 10.2. The lowest BCUT2D eigenvalue weighted by Gasteiger charge is -2.10. The standard InChI is InChI=1S/C15H20N4O2/c1-11-16-9-14(15(20)21-2)18(11)10-12-7-8-19(17-12)13-5-3-4-6-13/h7-9,13H,3-6,10H2,1-2H3. The second-order valence-corrected chi connectivity index (χ2v) is 5.49. The lowest BCUT2D eigenvalue weighted by atomic mass is 10.3. The molecular formula is C15H20N4O2. The molecule has 1 aliphatic rings. The first kappa shape index (κ1) is 13.9. The Bertz CT molecular complexity index is 638. The van der Waals surface area contributed by atoms with Gasteiger partial charge >= 0.3 is 5.97 Å². The molecule has 1 fully saturated rings. The largest absolute Gasteiger partial charge is 0.464 e. The fourth-order valence-electron chi connectivity index (χ4n) is 2.93. The van der Waals surface area contributed by atoms with E-state index in [4.69, 9.17) is 4.74 Å². The second kappa shape index (κ2) is 5.71. The van der Waals surface area contributed by atoms with E-state index in [-0.39, 0.29) is 5.97 Å². The summed E-state index contributed by atoms with van der Waals surface area (Å²) in [5, 5.41) is 4.65. The molecule has 2 aromatic heterocycles. The number of carbonyl (C=O) groups excluding carboxylic acids is 1. The molecule has 1 aliphatic carbocycles. The highest BCUT2D eigenvalue weighted by Crippen LogP contribution is 2.28. The van der Waals surface area contributed by atoms with Crippen molar-refractivity contribution >= 4 is 5.97 Å². The predicted octanol–water partition coefficient (Wildman–Crippen LogP) is 2.34. The smallest absolute Gasteiger partial charge is 0.356 e. The summed E-state index contributed by atoms with van der Waals surface area (Å²) < 4.78 is 8.69. The van der Waals surface area contributed by atoms with Crippen molar-refractivity contribution in [2.45, 2.75) is 45.2 Å². The molecule has 2 aromatic rings. The van der Waals surface area contributed by atoms with E-state index in [2.05, 4.69) is 14.8 Å². The number of hydrogen-bond acceptors (Lipinski definition) is 4. The molecule has 21 heavy (non-hydrogen) atoms. The first-order valence-electron chi connectivity index (χ1n) is 7.33. The van der Waals surface area contributed by atoms with Gasteiger partial charge in [0.2, 0.25) is 0 Å². The van der Waals surface area contributed by atoms with Gasteiger partial charge in [-0.25, -0.2) is 9.78 Å². The third-order valence-corrected chi connectivity index (χ3v) is 4.13. The van der Waals surface area contributed by atoms with Crippen molar-refractivity contribution in [1.82, 2.24) is 19.3 Å². The summed E-state index contributed by atoms with van der Waals surface area (Å²) in [6.45, 7) is 2.41. The Morgan fingerprint density at radius 3 is 2.90 bits per heavy atom. The minimum atomic E-state index is -0.370. The van der Waals surface area contributed by atoms with Gasteiger partial charge < -0.3 is 9.30 Å². The Morgan fingerprint density at radius 2 is 2.19 bits per heavy atom. The summed E-state index contributed by atoms with van der Waals surface area (Å²) >= 11 is 0. The lowest BCUT2D eigenvalue weighted by molar-refractivity contribution is 0.0588. The van der Waals surface area contributed by atoms with Crippen LogP contribution in [0.5, 0.6) is 0 Å². The molecule has 0 spiro atoms. The maximum atomic E-state index is 11.7. The van der Waals surface area contributed by atoms with E-state index in [1.165, 1.54) is 32.8 Å². The lowest BCUT2D eigenvalue weighted by Crippen LogP contribution is -2.13. The highest BCUT2D eigenvalue weighted by Gasteiger charge is 2.19. The van der Waals surface area contributed by atoms with E-state index in [0.29, 0.717) is 18.3 Å². The molecule has 0 unspecified atom stereocenters. The number of carbonyl (C=O) groups is 1. The highest BCUT2D eigenvalue weighted by atomic mass is 16.5. The van der Waals surface area contributed by atoms with Gasteiger partial charge in [0.25, 0.3) is 0 Å². The molecule has 3 rings (SSSR count). The van der Waals surface area contributed by atoms with Crippen molar-refractivity contribution < 1.29 is 9.53 Å². The zero-order valence-electron chi connectivity index (χ0n) is 12.5. The maximum Gasteiger partial charge on any atom is 0.356 e. The normalized spacial score (nSPS) is 15.5. The zero-order chi connectivity index (χ0) is 14.8. The summed E-state index contributed by atoms with van der Waals surface area (Å²) in [6, 6.07) is 2.54. The molecule has 6 heteroatoms. The number of aromatic nitrogens is 4. The van der Waals surface area contributed by atoms with Crippen LogP contribution in [0.25, 0.3) is 0 Å². The molecule has 0 amide bonds. The summed E-state index contributed by atoms with van der Waals surface area (Å²) in [5.74, 6) is 0.414. The van der Waals surface area contributed by atoms with Gasteiger partial charge in [-0.15, -0.1) is 0 Å². The Balaban J connectivity index is 1.80. The average Bonchev–Trinajstić information content (AvgIpc) is 3.20. The average molecular weight is 288 g/mol. The van der Waals surface area contributed by atoms with Crippen LogP contribution < -0.4 is 0 Å². The number of hydrogen-bond donors (Lipinski definition) is 0. The molecule has 2 heterocycles. The fourth-order valence-corrected chi connectivity index (χ4v) is 2.93. The topological polar surface area (TPSA) is 61.9 Å². The van der Waals surface area contributed by atoms with Crippen molar-refractivity contribution in [3.05, 3.63) is 35.7 Å². The monoisotopic (exact) mass is 288 g/mol. The second-order valence-electron chi connectivity index (χ2n) is 5.49. The number of nitrogens with zero attached hydrogens (tertiary/aromatic N) is 4. The molecule has 0 atom stereocenters. The minimum absolute atomic E-state index is 0.370. The number of rotatable bonds is 4. The molecule has 0 aromatic carbocycles. The molecule has 6 nitrogen and oxygen atoms in total. The van der Waals surface area contributed by atoms with Crippen molar-refractivity contribution in [3.8, 4) is 0 Å². The SMILES string of the molecule is COC(=O)c1cnc(C)n1Cc1ccn(C2CCCC2)n1. The number of imidazole rings is 1. The third-order valence-electron chi connectivity index (χ3n) is 4.13. The van der Waals surface area contributed by atoms with Gasteiger partial charge in [-0.3, -0.25) is 4.68 Å². The van der Waals surface area contributed by atoms with Gasteiger partial charge in [-0.1, -0.05) is 12.8 Å². The number of esters is 1. The Kier molecular flexibility index (Phi) is 3.77. The molecule has 0 saturated heterocycles. The van der Waals surface area contributed by atoms with Crippen LogP contribution in [0, 0.1) is 6.92 Å². The van der Waals surface area contributed by atoms with E-state index in [9.17, 15) is 4.79 Å². The van der Waals surface area contributed by atoms with Crippen molar-refractivity contribution in [1.29, 1.82) is 0 Å². The van der Waals surface area contributed by atoms with Crippen LogP contribution >= 0.6 is 0 Å². The van der Waals surface area contributed by atoms with Gasteiger partial charge in [-0.2, -0.15) is 5.10 Å². The van der Waals surface area contributed by atoms with E-state index in [1.54, 1.807) is 6.20 Å². The van der Waals surface area contributed by atoms with Gasteiger partial charge in [0, 0.05) is 6.20 Å². The maximum absolute atomic E-state index is 11.7. The molecule has 0 radical (unpaired) electrons. The predicted molar refractivity (Wildman–Crippen MR) is 77.1 cm³/mol. The molecule has 0 N–H and O–H groups in total. The van der Waals surface area contributed by atoms with E-state index in [0.717, 1.165) is 11.5 Å².